The molecule has 0 spiro atoms. The van der Waals surface area contributed by atoms with E-state index in [4.69, 9.17) is 27.9 Å². The number of ether oxygens (including phenoxy) is 1. The quantitative estimate of drug-likeness (QED) is 0.707. The van der Waals surface area contributed by atoms with Crippen LogP contribution in [0.4, 0.5) is 5.69 Å². The van der Waals surface area contributed by atoms with Crippen molar-refractivity contribution in [3.05, 3.63) is 57.6 Å². The van der Waals surface area contributed by atoms with Crippen molar-refractivity contribution in [1.29, 1.82) is 0 Å². The maximum Gasteiger partial charge on any atom is 0.255 e. The van der Waals surface area contributed by atoms with E-state index in [1.807, 2.05) is 6.92 Å². The molecule has 0 radical (unpaired) electrons. The molecule has 150 valence electrons. The van der Waals surface area contributed by atoms with E-state index < -0.39 is 15.9 Å². The first-order chi connectivity index (χ1) is 13.3. The number of carbonyl (C=O) groups is 1. The zero-order valence-electron chi connectivity index (χ0n) is 15.2. The number of halogens is 2. The molecule has 1 amide bonds. The smallest absolute Gasteiger partial charge is 0.255 e. The lowest BCUT2D eigenvalue weighted by atomic mass is 10.1. The van der Waals surface area contributed by atoms with Gasteiger partial charge in [-0.1, -0.05) is 23.2 Å². The molecular formula is C19H20Cl2N2O4S. The van der Waals surface area contributed by atoms with E-state index in [-0.39, 0.29) is 28.1 Å². The Labute approximate surface area is 174 Å². The van der Waals surface area contributed by atoms with Gasteiger partial charge >= 0.3 is 0 Å². The molecule has 9 heteroatoms. The lowest BCUT2D eigenvalue weighted by molar-refractivity contribution is 0.102. The third-order valence-electron chi connectivity index (χ3n) is 4.44. The van der Waals surface area contributed by atoms with Gasteiger partial charge in [0.1, 0.15) is 4.90 Å². The van der Waals surface area contributed by atoms with Crippen LogP contribution in [-0.2, 0) is 14.8 Å². The second kappa shape index (κ2) is 8.80. The van der Waals surface area contributed by atoms with Gasteiger partial charge in [-0.15, -0.1) is 0 Å². The van der Waals surface area contributed by atoms with E-state index in [0.29, 0.717) is 17.3 Å². The van der Waals surface area contributed by atoms with Gasteiger partial charge < -0.3 is 10.1 Å². The zero-order valence-corrected chi connectivity index (χ0v) is 17.5. The molecule has 1 aliphatic heterocycles. The van der Waals surface area contributed by atoms with Crippen molar-refractivity contribution in [1.82, 2.24) is 4.72 Å². The average Bonchev–Trinajstić information content (AvgIpc) is 3.16. The molecule has 28 heavy (non-hydrogen) atoms. The number of hydrogen-bond acceptors (Lipinski definition) is 4. The first-order valence-electron chi connectivity index (χ1n) is 8.74. The highest BCUT2D eigenvalue weighted by molar-refractivity contribution is 7.89. The van der Waals surface area contributed by atoms with Crippen LogP contribution in [0.3, 0.4) is 0 Å². The van der Waals surface area contributed by atoms with Crippen molar-refractivity contribution in [3.63, 3.8) is 0 Å². The topological polar surface area (TPSA) is 84.5 Å². The molecule has 6 nitrogen and oxygen atoms in total. The lowest BCUT2D eigenvalue weighted by Crippen LogP contribution is -2.32. The van der Waals surface area contributed by atoms with Crippen LogP contribution in [-0.4, -0.2) is 33.6 Å². The van der Waals surface area contributed by atoms with Crippen LogP contribution in [0.5, 0.6) is 0 Å². The summed E-state index contributed by atoms with van der Waals surface area (Å²) in [6.45, 7) is 2.61. The predicted molar refractivity (Wildman–Crippen MR) is 110 cm³/mol. The normalized spacial score (nSPS) is 16.9. The Morgan fingerprint density at radius 3 is 2.68 bits per heavy atom. The monoisotopic (exact) mass is 442 g/mol. The summed E-state index contributed by atoms with van der Waals surface area (Å²) in [7, 11) is -3.88. The molecule has 1 aliphatic rings. The molecule has 0 saturated carbocycles. The van der Waals surface area contributed by atoms with Crippen LogP contribution in [0.25, 0.3) is 0 Å². The fraction of sp³-hybridized carbons (Fsp3) is 0.316. The number of nitrogens with one attached hydrogen (secondary N) is 2. The van der Waals surface area contributed by atoms with E-state index in [1.54, 1.807) is 18.2 Å². The van der Waals surface area contributed by atoms with Crippen molar-refractivity contribution >= 4 is 44.8 Å². The van der Waals surface area contributed by atoms with Gasteiger partial charge in [0.25, 0.3) is 5.91 Å². The molecule has 1 saturated heterocycles. The highest BCUT2D eigenvalue weighted by Crippen LogP contribution is 2.25. The van der Waals surface area contributed by atoms with Gasteiger partial charge in [0.05, 0.1) is 11.1 Å². The largest absolute Gasteiger partial charge is 0.377 e. The molecule has 2 aromatic carbocycles. The van der Waals surface area contributed by atoms with Gasteiger partial charge in [-0.2, -0.15) is 0 Å². The number of hydrogen-bond donors (Lipinski definition) is 2. The van der Waals surface area contributed by atoms with Crippen LogP contribution >= 0.6 is 23.2 Å². The molecule has 1 fully saturated rings. The van der Waals surface area contributed by atoms with Crippen LogP contribution in [0.1, 0.15) is 28.8 Å². The maximum atomic E-state index is 12.6. The summed E-state index contributed by atoms with van der Waals surface area (Å²) in [4.78, 5) is 12.4. The summed E-state index contributed by atoms with van der Waals surface area (Å²) in [5.41, 5.74) is 1.56. The molecule has 3 rings (SSSR count). The van der Waals surface area contributed by atoms with Crippen molar-refractivity contribution < 1.29 is 17.9 Å². The molecule has 1 heterocycles. The van der Waals surface area contributed by atoms with Crippen LogP contribution in [0, 0.1) is 6.92 Å². The van der Waals surface area contributed by atoms with Gasteiger partial charge in [-0.05, 0) is 61.7 Å². The van der Waals surface area contributed by atoms with Crippen LogP contribution in [0.2, 0.25) is 10.0 Å². The van der Waals surface area contributed by atoms with Crippen LogP contribution in [0.15, 0.2) is 41.3 Å². The number of sulfonamides is 1. The van der Waals surface area contributed by atoms with E-state index in [9.17, 15) is 13.2 Å². The highest BCUT2D eigenvalue weighted by Gasteiger charge is 2.23. The third-order valence-corrected chi connectivity index (χ3v) is 6.58. The Kier molecular flexibility index (Phi) is 6.62. The Hall–Kier alpha value is -1.64. The molecule has 2 aromatic rings. The number of aryl methyl sites for hydroxylation is 1. The fourth-order valence-corrected chi connectivity index (χ4v) is 4.71. The Morgan fingerprint density at radius 1 is 1.21 bits per heavy atom. The third kappa shape index (κ3) is 5.04. The van der Waals surface area contributed by atoms with Gasteiger partial charge in [0.2, 0.25) is 10.0 Å². The van der Waals surface area contributed by atoms with Crippen molar-refractivity contribution in [3.8, 4) is 0 Å². The van der Waals surface area contributed by atoms with Crippen LogP contribution < -0.4 is 10.0 Å². The molecule has 0 aromatic heterocycles. The zero-order chi connectivity index (χ0) is 20.3. The Balaban J connectivity index is 1.78. The van der Waals surface area contributed by atoms with Gasteiger partial charge in [0, 0.05) is 29.4 Å². The van der Waals surface area contributed by atoms with Gasteiger partial charge in [-0.3, -0.25) is 4.79 Å². The number of amides is 1. The minimum absolute atomic E-state index is 0.0408. The van der Waals surface area contributed by atoms with E-state index >= 15 is 0 Å². The van der Waals surface area contributed by atoms with Gasteiger partial charge in [0.15, 0.2) is 0 Å². The van der Waals surface area contributed by atoms with Gasteiger partial charge in [-0.25, -0.2) is 13.1 Å². The molecule has 1 unspecified atom stereocenters. The van der Waals surface area contributed by atoms with Crippen molar-refractivity contribution in [2.24, 2.45) is 0 Å². The number of anilines is 1. The highest BCUT2D eigenvalue weighted by atomic mass is 35.5. The second-order valence-corrected chi connectivity index (χ2v) is 9.12. The summed E-state index contributed by atoms with van der Waals surface area (Å²) in [6, 6.07) is 9.21. The summed E-state index contributed by atoms with van der Waals surface area (Å²) in [5, 5.41) is 3.36. The molecule has 2 N–H and O–H groups in total. The average molecular weight is 443 g/mol. The maximum absolute atomic E-state index is 12.6. The lowest BCUT2D eigenvalue weighted by Gasteiger charge is -2.13. The van der Waals surface area contributed by atoms with E-state index in [2.05, 4.69) is 10.0 Å². The first-order valence-corrected chi connectivity index (χ1v) is 11.0. The predicted octanol–water partition coefficient (Wildman–Crippen LogP) is 4.01. The molecule has 0 bridgehead atoms. The number of carbonyl (C=O) groups excluding carboxylic acids is 1. The summed E-state index contributed by atoms with van der Waals surface area (Å²) >= 11 is 12.0. The molecule has 1 atom stereocenters. The van der Waals surface area contributed by atoms with E-state index in [1.165, 1.54) is 18.2 Å². The van der Waals surface area contributed by atoms with Crippen molar-refractivity contribution in [2.75, 3.05) is 18.5 Å². The fourth-order valence-electron chi connectivity index (χ4n) is 2.90. The number of rotatable bonds is 6. The minimum atomic E-state index is -3.88. The summed E-state index contributed by atoms with van der Waals surface area (Å²) in [6.07, 6.45) is 1.57. The molecule has 0 aliphatic carbocycles. The number of benzene rings is 2. The minimum Gasteiger partial charge on any atom is -0.377 e. The SMILES string of the molecule is Cc1cc(Cl)ccc1NC(=O)c1ccc(Cl)c(S(=O)(=O)NCC2CCCO2)c1. The Bertz CT molecular complexity index is 989. The first kappa shape index (κ1) is 21.1. The summed E-state index contributed by atoms with van der Waals surface area (Å²) in [5.74, 6) is -0.447. The van der Waals surface area contributed by atoms with Crippen molar-refractivity contribution in [2.45, 2.75) is 30.8 Å². The second-order valence-electron chi connectivity index (χ2n) is 6.55. The summed E-state index contributed by atoms with van der Waals surface area (Å²) < 4.78 is 33.2. The molecular weight excluding hydrogens is 423 g/mol. The standard InChI is InChI=1S/C19H20Cl2N2O4S/c1-12-9-14(20)5-7-17(12)23-19(24)13-4-6-16(21)18(10-13)28(25,26)22-11-15-3-2-8-27-15/h4-7,9-10,15,22H,2-3,8,11H2,1H3,(H,23,24). The Morgan fingerprint density at radius 2 is 2.00 bits per heavy atom. The van der Waals surface area contributed by atoms with E-state index in [0.717, 1.165) is 18.4 Å².